The Labute approximate surface area is 124 Å². The fraction of sp³-hybridized carbons (Fsp3) is 0.600. The summed E-state index contributed by atoms with van der Waals surface area (Å²) in [7, 11) is 1.79. The molecular weight excluding hydrogens is 270 g/mol. The Kier molecular flexibility index (Phi) is 4.67. The summed E-state index contributed by atoms with van der Waals surface area (Å²) in [5.41, 5.74) is 1.55. The first-order chi connectivity index (χ1) is 9.93. The van der Waals surface area contributed by atoms with Crippen molar-refractivity contribution in [1.82, 2.24) is 14.4 Å². The minimum atomic E-state index is -0.966. The second kappa shape index (κ2) is 6.30. The maximum Gasteiger partial charge on any atom is 0.337 e. The molecule has 0 bridgehead atoms. The van der Waals surface area contributed by atoms with E-state index in [2.05, 4.69) is 11.8 Å². The molecule has 21 heavy (non-hydrogen) atoms. The first kappa shape index (κ1) is 15.6. The van der Waals surface area contributed by atoms with Gasteiger partial charge in [-0.05, 0) is 19.0 Å². The van der Waals surface area contributed by atoms with Crippen LogP contribution in [0.5, 0.6) is 0 Å². The third kappa shape index (κ3) is 3.26. The molecule has 0 aliphatic carbocycles. The molecule has 0 atom stereocenters. The van der Waals surface area contributed by atoms with Crippen molar-refractivity contribution in [3.05, 3.63) is 23.0 Å². The molecule has 1 amide bonds. The van der Waals surface area contributed by atoms with E-state index in [1.165, 1.54) is 0 Å². The molecule has 116 valence electrons. The van der Waals surface area contributed by atoms with E-state index in [0.717, 1.165) is 32.7 Å². The average Bonchev–Trinajstić information content (AvgIpc) is 2.73. The van der Waals surface area contributed by atoms with E-state index in [0.29, 0.717) is 11.3 Å². The van der Waals surface area contributed by atoms with Gasteiger partial charge >= 0.3 is 5.97 Å². The summed E-state index contributed by atoms with van der Waals surface area (Å²) in [6.45, 7) is 8.10. The van der Waals surface area contributed by atoms with Crippen molar-refractivity contribution in [1.29, 1.82) is 0 Å². The molecule has 6 nitrogen and oxygen atoms in total. The van der Waals surface area contributed by atoms with Crippen molar-refractivity contribution in [2.24, 2.45) is 7.05 Å². The fourth-order valence-electron chi connectivity index (χ4n) is 2.91. The number of aromatic nitrogens is 1. The predicted octanol–water partition coefficient (Wildman–Crippen LogP) is 0.738. The van der Waals surface area contributed by atoms with Crippen molar-refractivity contribution in [2.75, 3.05) is 32.7 Å². The molecule has 0 radical (unpaired) electrons. The van der Waals surface area contributed by atoms with Crippen LogP contribution < -0.4 is 0 Å². The normalized spacial score (nSPS) is 16.2. The Morgan fingerprint density at radius 1 is 1.24 bits per heavy atom. The summed E-state index contributed by atoms with van der Waals surface area (Å²) >= 11 is 0. The highest BCUT2D eigenvalue weighted by molar-refractivity contribution is 5.93. The van der Waals surface area contributed by atoms with Crippen molar-refractivity contribution in [3.8, 4) is 0 Å². The van der Waals surface area contributed by atoms with Crippen LogP contribution in [0, 0.1) is 6.92 Å². The Morgan fingerprint density at radius 3 is 2.38 bits per heavy atom. The lowest BCUT2D eigenvalue weighted by molar-refractivity contribution is -0.132. The van der Waals surface area contributed by atoms with Gasteiger partial charge in [-0.1, -0.05) is 6.92 Å². The van der Waals surface area contributed by atoms with E-state index in [4.69, 9.17) is 0 Å². The van der Waals surface area contributed by atoms with Gasteiger partial charge in [-0.25, -0.2) is 4.79 Å². The predicted molar refractivity (Wildman–Crippen MR) is 79.5 cm³/mol. The molecule has 1 fully saturated rings. The zero-order valence-corrected chi connectivity index (χ0v) is 12.9. The van der Waals surface area contributed by atoms with Gasteiger partial charge in [0.05, 0.1) is 12.0 Å². The molecule has 1 aromatic heterocycles. The average molecular weight is 293 g/mol. The van der Waals surface area contributed by atoms with Crippen LogP contribution in [0.15, 0.2) is 6.20 Å². The summed E-state index contributed by atoms with van der Waals surface area (Å²) in [5.74, 6) is -0.957. The highest BCUT2D eigenvalue weighted by Gasteiger charge is 2.24. The summed E-state index contributed by atoms with van der Waals surface area (Å²) in [4.78, 5) is 27.9. The molecule has 1 aromatic rings. The lowest BCUT2D eigenvalue weighted by atomic mass is 10.1. The van der Waals surface area contributed by atoms with E-state index in [-0.39, 0.29) is 17.9 Å². The molecular formula is C15H23N3O3. The van der Waals surface area contributed by atoms with Gasteiger partial charge in [-0.15, -0.1) is 0 Å². The van der Waals surface area contributed by atoms with E-state index >= 15 is 0 Å². The molecule has 6 heteroatoms. The van der Waals surface area contributed by atoms with Crippen LogP contribution in [0.1, 0.15) is 28.5 Å². The number of carbonyl (C=O) groups excluding carboxylic acids is 1. The number of rotatable bonds is 4. The van der Waals surface area contributed by atoms with E-state index in [9.17, 15) is 14.7 Å². The number of piperazine rings is 1. The standard InChI is InChI=1S/C15H23N3O3/c1-4-17-5-7-18(8-6-17)13(19)9-12-14(15(20)21)11(2)10-16(12)3/h10H,4-9H2,1-3H3,(H,20,21). The van der Waals surface area contributed by atoms with Gasteiger partial charge in [0.2, 0.25) is 5.91 Å². The van der Waals surface area contributed by atoms with E-state index in [1.807, 2.05) is 4.90 Å². The van der Waals surface area contributed by atoms with Crippen LogP contribution in [0.2, 0.25) is 0 Å². The zero-order valence-electron chi connectivity index (χ0n) is 12.9. The molecule has 0 unspecified atom stereocenters. The minimum Gasteiger partial charge on any atom is -0.478 e. The second-order valence-corrected chi connectivity index (χ2v) is 5.54. The van der Waals surface area contributed by atoms with E-state index < -0.39 is 5.97 Å². The lowest BCUT2D eigenvalue weighted by Crippen LogP contribution is -2.49. The number of aryl methyl sites for hydroxylation is 2. The van der Waals surface area contributed by atoms with Gasteiger partial charge in [0.25, 0.3) is 0 Å². The van der Waals surface area contributed by atoms with Crippen LogP contribution in [-0.4, -0.2) is 64.1 Å². The topological polar surface area (TPSA) is 65.8 Å². The zero-order chi connectivity index (χ0) is 15.6. The summed E-state index contributed by atoms with van der Waals surface area (Å²) < 4.78 is 1.75. The van der Waals surface area contributed by atoms with Crippen molar-refractivity contribution in [3.63, 3.8) is 0 Å². The maximum atomic E-state index is 12.4. The number of carboxylic acids is 1. The van der Waals surface area contributed by atoms with Gasteiger partial charge in [0.15, 0.2) is 0 Å². The van der Waals surface area contributed by atoms with Crippen LogP contribution in [0.25, 0.3) is 0 Å². The molecule has 0 saturated carbocycles. The van der Waals surface area contributed by atoms with Crippen molar-refractivity contribution in [2.45, 2.75) is 20.3 Å². The minimum absolute atomic E-state index is 0.00875. The third-order valence-electron chi connectivity index (χ3n) is 4.20. The SMILES string of the molecule is CCN1CCN(C(=O)Cc2c(C(=O)O)c(C)cn2C)CC1. The Balaban J connectivity index is 2.09. The number of carboxylic acid groups (broad SMARTS) is 1. The monoisotopic (exact) mass is 293 g/mol. The van der Waals surface area contributed by atoms with Crippen LogP contribution in [0.3, 0.4) is 0 Å². The Bertz CT molecular complexity index is 543. The largest absolute Gasteiger partial charge is 0.478 e. The number of hydrogen-bond acceptors (Lipinski definition) is 3. The van der Waals surface area contributed by atoms with Gasteiger partial charge in [0.1, 0.15) is 0 Å². The molecule has 2 rings (SSSR count). The molecule has 0 spiro atoms. The van der Waals surface area contributed by atoms with Gasteiger partial charge in [-0.2, -0.15) is 0 Å². The molecule has 1 N–H and O–H groups in total. The van der Waals surface area contributed by atoms with Crippen molar-refractivity contribution < 1.29 is 14.7 Å². The first-order valence-electron chi connectivity index (χ1n) is 7.32. The lowest BCUT2D eigenvalue weighted by Gasteiger charge is -2.34. The highest BCUT2D eigenvalue weighted by atomic mass is 16.4. The smallest absolute Gasteiger partial charge is 0.337 e. The molecule has 0 aromatic carbocycles. The third-order valence-corrected chi connectivity index (χ3v) is 4.20. The number of nitrogens with zero attached hydrogens (tertiary/aromatic N) is 3. The molecule has 1 aliphatic heterocycles. The van der Waals surface area contributed by atoms with Gasteiger partial charge in [0, 0.05) is 45.1 Å². The van der Waals surface area contributed by atoms with E-state index in [1.54, 1.807) is 24.7 Å². The Morgan fingerprint density at radius 2 is 1.86 bits per heavy atom. The maximum absolute atomic E-state index is 12.4. The number of hydrogen-bond donors (Lipinski definition) is 1. The summed E-state index contributed by atoms with van der Waals surface area (Å²) in [5, 5.41) is 9.30. The van der Waals surface area contributed by atoms with Gasteiger partial charge in [-0.3, -0.25) is 4.79 Å². The van der Waals surface area contributed by atoms with Gasteiger partial charge < -0.3 is 19.5 Å². The molecule has 1 saturated heterocycles. The molecule has 1 aliphatic rings. The van der Waals surface area contributed by atoms with Crippen LogP contribution in [-0.2, 0) is 18.3 Å². The molecule has 2 heterocycles. The second-order valence-electron chi connectivity index (χ2n) is 5.54. The Hall–Kier alpha value is -1.82. The van der Waals surface area contributed by atoms with Crippen LogP contribution in [0.4, 0.5) is 0 Å². The number of aromatic carboxylic acids is 1. The van der Waals surface area contributed by atoms with Crippen molar-refractivity contribution >= 4 is 11.9 Å². The summed E-state index contributed by atoms with van der Waals surface area (Å²) in [6, 6.07) is 0. The number of likely N-dealkylation sites (N-methyl/N-ethyl adjacent to an activating group) is 1. The highest BCUT2D eigenvalue weighted by Crippen LogP contribution is 2.18. The summed E-state index contributed by atoms with van der Waals surface area (Å²) in [6.07, 6.45) is 1.92. The quantitative estimate of drug-likeness (QED) is 0.889. The number of amides is 1. The fourth-order valence-corrected chi connectivity index (χ4v) is 2.91. The van der Waals surface area contributed by atoms with Crippen LogP contribution >= 0.6 is 0 Å². The first-order valence-corrected chi connectivity index (χ1v) is 7.32. The number of carbonyl (C=O) groups is 2.